The van der Waals surface area contributed by atoms with Crippen molar-refractivity contribution in [2.45, 2.75) is 13.0 Å². The van der Waals surface area contributed by atoms with Crippen molar-refractivity contribution in [3.63, 3.8) is 0 Å². The van der Waals surface area contributed by atoms with Gasteiger partial charge < -0.3 is 24.6 Å². The van der Waals surface area contributed by atoms with Crippen molar-refractivity contribution in [2.75, 3.05) is 37.0 Å². The first-order valence-electron chi connectivity index (χ1n) is 10.2. The van der Waals surface area contributed by atoms with Gasteiger partial charge in [-0.1, -0.05) is 6.07 Å². The number of hydrogen-bond acceptors (Lipinski definition) is 6. The second kappa shape index (κ2) is 9.51. The van der Waals surface area contributed by atoms with Gasteiger partial charge in [-0.2, -0.15) is 0 Å². The number of methoxy groups -OCH3 is 1. The van der Waals surface area contributed by atoms with E-state index in [1.807, 2.05) is 6.92 Å². The van der Waals surface area contributed by atoms with E-state index in [-0.39, 0.29) is 17.9 Å². The Balaban J connectivity index is 1.38. The molecule has 1 unspecified atom stereocenters. The van der Waals surface area contributed by atoms with E-state index in [2.05, 4.69) is 20.2 Å². The molecule has 1 N–H and O–H groups in total. The maximum atomic E-state index is 13.4. The topological polar surface area (TPSA) is 79.8 Å². The molecule has 8 nitrogen and oxygen atoms in total. The molecule has 32 heavy (non-hydrogen) atoms. The van der Waals surface area contributed by atoms with Crippen molar-refractivity contribution >= 4 is 17.5 Å². The van der Waals surface area contributed by atoms with Crippen LogP contribution in [0.4, 0.5) is 20.7 Å². The summed E-state index contributed by atoms with van der Waals surface area (Å²) in [6, 6.07) is 14.6. The summed E-state index contributed by atoms with van der Waals surface area (Å²) in [5, 5.41) is 2.93. The largest absolute Gasteiger partial charge is 0.497 e. The summed E-state index contributed by atoms with van der Waals surface area (Å²) in [5.74, 6) is 1.73. The van der Waals surface area contributed by atoms with Crippen LogP contribution in [0.3, 0.4) is 0 Å². The zero-order chi connectivity index (χ0) is 22.5. The van der Waals surface area contributed by atoms with Crippen LogP contribution in [0.2, 0.25) is 0 Å². The van der Waals surface area contributed by atoms with E-state index in [1.165, 1.54) is 18.5 Å². The average Bonchev–Trinajstić information content (AvgIpc) is 2.79. The molecule has 4 rings (SSSR count). The van der Waals surface area contributed by atoms with Crippen LogP contribution in [0.25, 0.3) is 0 Å². The Morgan fingerprint density at radius 3 is 2.62 bits per heavy atom. The third-order valence-corrected chi connectivity index (χ3v) is 5.20. The fourth-order valence-corrected chi connectivity index (χ4v) is 3.55. The van der Waals surface area contributed by atoms with Gasteiger partial charge in [0, 0.05) is 43.5 Å². The van der Waals surface area contributed by atoms with Crippen LogP contribution >= 0.6 is 0 Å². The van der Waals surface area contributed by atoms with Crippen molar-refractivity contribution in [1.29, 1.82) is 0 Å². The lowest BCUT2D eigenvalue weighted by Crippen LogP contribution is -2.55. The van der Waals surface area contributed by atoms with Crippen molar-refractivity contribution in [1.82, 2.24) is 14.9 Å². The third-order valence-electron chi connectivity index (χ3n) is 5.20. The van der Waals surface area contributed by atoms with Crippen molar-refractivity contribution in [2.24, 2.45) is 0 Å². The highest BCUT2D eigenvalue weighted by Gasteiger charge is 2.28. The lowest BCUT2D eigenvalue weighted by molar-refractivity contribution is 0.184. The molecule has 0 radical (unpaired) electrons. The number of piperazine rings is 1. The molecular weight excluding hydrogens is 413 g/mol. The molecule has 0 bridgehead atoms. The van der Waals surface area contributed by atoms with Gasteiger partial charge in [-0.15, -0.1) is 0 Å². The molecule has 0 saturated carbocycles. The molecule has 166 valence electrons. The van der Waals surface area contributed by atoms with Gasteiger partial charge in [0.2, 0.25) is 5.88 Å². The van der Waals surface area contributed by atoms with Crippen LogP contribution in [-0.4, -0.2) is 53.7 Å². The Labute approximate surface area is 185 Å². The number of nitrogens with zero attached hydrogens (tertiary/aromatic N) is 4. The molecule has 2 aromatic carbocycles. The number of nitrogens with one attached hydrogen (secondary N) is 1. The predicted molar refractivity (Wildman–Crippen MR) is 119 cm³/mol. The number of urea groups is 1. The van der Waals surface area contributed by atoms with E-state index in [1.54, 1.807) is 54.5 Å². The number of rotatable bonds is 5. The van der Waals surface area contributed by atoms with Crippen LogP contribution in [0.15, 0.2) is 60.9 Å². The van der Waals surface area contributed by atoms with E-state index in [4.69, 9.17) is 9.47 Å². The van der Waals surface area contributed by atoms with Gasteiger partial charge in [-0.25, -0.2) is 19.2 Å². The van der Waals surface area contributed by atoms with E-state index in [0.717, 1.165) is 5.75 Å². The van der Waals surface area contributed by atoms with Gasteiger partial charge >= 0.3 is 6.03 Å². The molecule has 0 aliphatic carbocycles. The van der Waals surface area contributed by atoms with E-state index in [9.17, 15) is 9.18 Å². The van der Waals surface area contributed by atoms with Gasteiger partial charge in [0.25, 0.3) is 0 Å². The number of benzene rings is 2. The highest BCUT2D eigenvalue weighted by atomic mass is 19.1. The summed E-state index contributed by atoms with van der Waals surface area (Å²) >= 11 is 0. The van der Waals surface area contributed by atoms with Gasteiger partial charge in [-0.3, -0.25) is 0 Å². The van der Waals surface area contributed by atoms with Crippen molar-refractivity contribution in [3.05, 3.63) is 66.7 Å². The fraction of sp³-hybridized carbons (Fsp3) is 0.261. The second-order valence-electron chi connectivity index (χ2n) is 7.42. The number of carbonyl (C=O) groups is 1. The number of amides is 2. The maximum absolute atomic E-state index is 13.4. The SMILES string of the molecule is COc1ccc(NC(=O)N2CCN(c3cc(Oc4cccc(F)c4)ncn3)CC2C)cc1. The Morgan fingerprint density at radius 1 is 1.09 bits per heavy atom. The van der Waals surface area contributed by atoms with E-state index < -0.39 is 0 Å². The lowest BCUT2D eigenvalue weighted by Gasteiger charge is -2.40. The summed E-state index contributed by atoms with van der Waals surface area (Å²) in [4.78, 5) is 25.1. The number of halogens is 1. The first-order valence-corrected chi connectivity index (χ1v) is 10.2. The first-order chi connectivity index (χ1) is 15.5. The third kappa shape index (κ3) is 5.05. The lowest BCUT2D eigenvalue weighted by atomic mass is 10.2. The zero-order valence-electron chi connectivity index (χ0n) is 17.9. The van der Waals surface area contributed by atoms with Crippen molar-refractivity contribution < 1.29 is 18.7 Å². The second-order valence-corrected chi connectivity index (χ2v) is 7.42. The molecule has 1 aliphatic heterocycles. The number of ether oxygens (including phenoxy) is 2. The minimum absolute atomic E-state index is 0.0375. The number of hydrogen-bond donors (Lipinski definition) is 1. The molecule has 0 spiro atoms. The summed E-state index contributed by atoms with van der Waals surface area (Å²) in [5.41, 5.74) is 0.709. The number of anilines is 2. The quantitative estimate of drug-likeness (QED) is 0.646. The predicted octanol–water partition coefficient (Wildman–Crippen LogP) is 4.16. The molecule has 1 aliphatic rings. The van der Waals surface area contributed by atoms with Crippen LogP contribution in [0.1, 0.15) is 6.92 Å². The van der Waals surface area contributed by atoms with Crippen LogP contribution in [-0.2, 0) is 0 Å². The summed E-state index contributed by atoms with van der Waals surface area (Å²) in [7, 11) is 1.60. The first kappa shape index (κ1) is 21.4. The van der Waals surface area contributed by atoms with Crippen LogP contribution < -0.4 is 19.7 Å². The van der Waals surface area contributed by atoms with E-state index in [0.29, 0.717) is 42.8 Å². The van der Waals surface area contributed by atoms with E-state index >= 15 is 0 Å². The Hall–Kier alpha value is -3.88. The summed E-state index contributed by atoms with van der Waals surface area (Å²) < 4.78 is 24.2. The number of carbonyl (C=O) groups excluding carboxylic acids is 1. The van der Waals surface area contributed by atoms with Crippen LogP contribution in [0.5, 0.6) is 17.4 Å². The van der Waals surface area contributed by atoms with Gasteiger partial charge in [0.1, 0.15) is 29.5 Å². The highest BCUT2D eigenvalue weighted by Crippen LogP contribution is 2.25. The van der Waals surface area contributed by atoms with Gasteiger partial charge in [0.15, 0.2) is 0 Å². The molecule has 9 heteroatoms. The molecule has 1 saturated heterocycles. The standard InChI is InChI=1S/C23H24FN5O3/c1-16-14-28(10-11-29(16)23(30)27-18-6-8-19(31-2)9-7-18)21-13-22(26-15-25-21)32-20-5-3-4-17(24)12-20/h3-9,12-13,15-16H,10-11,14H2,1-2H3,(H,27,30). The molecular formula is C23H24FN5O3. The molecule has 2 amide bonds. The monoisotopic (exact) mass is 437 g/mol. The van der Waals surface area contributed by atoms with Crippen LogP contribution in [0, 0.1) is 5.82 Å². The molecule has 1 aromatic heterocycles. The fourth-order valence-electron chi connectivity index (χ4n) is 3.55. The molecule has 3 aromatic rings. The Kier molecular flexibility index (Phi) is 6.34. The molecule has 2 heterocycles. The highest BCUT2D eigenvalue weighted by molar-refractivity contribution is 5.89. The number of aromatic nitrogens is 2. The minimum Gasteiger partial charge on any atom is -0.497 e. The van der Waals surface area contributed by atoms with Crippen molar-refractivity contribution in [3.8, 4) is 17.4 Å². The zero-order valence-corrected chi connectivity index (χ0v) is 17.9. The molecule has 1 atom stereocenters. The van der Waals surface area contributed by atoms with Gasteiger partial charge in [0.05, 0.1) is 7.11 Å². The molecule has 1 fully saturated rings. The summed E-state index contributed by atoms with van der Waals surface area (Å²) in [6.07, 6.45) is 1.41. The Morgan fingerprint density at radius 2 is 1.91 bits per heavy atom. The normalized spacial score (nSPS) is 15.9. The maximum Gasteiger partial charge on any atom is 0.322 e. The van der Waals surface area contributed by atoms with Gasteiger partial charge in [-0.05, 0) is 43.3 Å². The smallest absolute Gasteiger partial charge is 0.322 e. The average molecular weight is 437 g/mol. The summed E-state index contributed by atoms with van der Waals surface area (Å²) in [6.45, 7) is 3.74. The minimum atomic E-state index is -0.380. The Bertz CT molecular complexity index is 1080.